The third-order valence-corrected chi connectivity index (χ3v) is 3.43. The van der Waals surface area contributed by atoms with Gasteiger partial charge < -0.3 is 4.74 Å². The normalized spacial score (nSPS) is 15.4. The molecule has 23 heavy (non-hydrogen) atoms. The van der Waals surface area contributed by atoms with Gasteiger partial charge in [-0.2, -0.15) is 0 Å². The van der Waals surface area contributed by atoms with Crippen LogP contribution >= 0.6 is 11.6 Å². The second-order valence-corrected chi connectivity index (χ2v) is 5.08. The number of benzene rings is 2. The van der Waals surface area contributed by atoms with Crippen LogP contribution in [0.2, 0.25) is 5.02 Å². The van der Waals surface area contributed by atoms with E-state index < -0.39 is 10.9 Å². The van der Waals surface area contributed by atoms with Crippen LogP contribution in [-0.4, -0.2) is 16.8 Å². The molecule has 0 N–H and O–H groups in total. The summed E-state index contributed by atoms with van der Waals surface area (Å²) in [5, 5.41) is 10.8. The molecular formula is C16H9ClN2O4. The number of nitro benzene ring substituents is 1. The minimum atomic E-state index is -0.599. The molecule has 0 unspecified atom stereocenters. The number of aliphatic imine (C=N–C) groups is 1. The lowest BCUT2D eigenvalue weighted by molar-refractivity contribution is -0.384. The molecule has 0 radical (unpaired) electrons. The molecule has 0 spiro atoms. The molecule has 3 rings (SSSR count). The monoisotopic (exact) mass is 328 g/mol. The third-order valence-electron chi connectivity index (χ3n) is 3.12. The van der Waals surface area contributed by atoms with E-state index in [1.54, 1.807) is 6.08 Å². The highest BCUT2D eigenvalue weighted by atomic mass is 35.5. The molecule has 114 valence electrons. The van der Waals surface area contributed by atoms with Gasteiger partial charge in [0.15, 0.2) is 5.70 Å². The van der Waals surface area contributed by atoms with E-state index in [2.05, 4.69) is 4.99 Å². The number of nitro groups is 1. The van der Waals surface area contributed by atoms with Crippen molar-refractivity contribution in [3.63, 3.8) is 0 Å². The molecule has 0 aromatic heterocycles. The molecule has 1 aliphatic heterocycles. The number of esters is 1. The molecular weight excluding hydrogens is 320 g/mol. The number of hydrogen-bond acceptors (Lipinski definition) is 5. The Morgan fingerprint density at radius 3 is 2.57 bits per heavy atom. The van der Waals surface area contributed by atoms with Crippen LogP contribution in [0, 0.1) is 10.1 Å². The predicted octanol–water partition coefficient (Wildman–Crippen LogP) is 3.59. The van der Waals surface area contributed by atoms with Gasteiger partial charge in [0, 0.05) is 12.1 Å². The van der Waals surface area contributed by atoms with Crippen LogP contribution in [0.1, 0.15) is 11.1 Å². The minimum Gasteiger partial charge on any atom is -0.402 e. The molecule has 1 aliphatic rings. The number of ether oxygens (including phenoxy) is 1. The summed E-state index contributed by atoms with van der Waals surface area (Å²) < 4.78 is 5.10. The average molecular weight is 329 g/mol. The summed E-state index contributed by atoms with van der Waals surface area (Å²) in [5.41, 5.74) is 1.12. The smallest absolute Gasteiger partial charge is 0.363 e. The summed E-state index contributed by atoms with van der Waals surface area (Å²) >= 11 is 6.01. The SMILES string of the molecule is O=C1OC(c2ccc([N+](=O)[O-])cc2Cl)=N/C1=C/c1ccccc1. The number of carbonyl (C=O) groups excluding carboxylic acids is 1. The maximum absolute atomic E-state index is 11.9. The Labute approximate surface area is 135 Å². The third kappa shape index (κ3) is 3.12. The van der Waals surface area contributed by atoms with Gasteiger partial charge in [-0.3, -0.25) is 10.1 Å². The van der Waals surface area contributed by atoms with Gasteiger partial charge in [0.05, 0.1) is 15.5 Å². The standard InChI is InChI=1S/C16H9ClN2O4/c17-13-9-11(19(21)22)6-7-12(13)15-18-14(16(20)23-15)8-10-4-2-1-3-5-10/h1-9H/b14-8+. The molecule has 2 aromatic carbocycles. The number of halogens is 1. The van der Waals surface area contributed by atoms with Crippen molar-refractivity contribution in [2.75, 3.05) is 0 Å². The van der Waals surface area contributed by atoms with E-state index in [0.717, 1.165) is 5.56 Å². The highest BCUT2D eigenvalue weighted by Gasteiger charge is 2.26. The molecule has 2 aromatic rings. The fourth-order valence-corrected chi connectivity index (χ4v) is 2.28. The van der Waals surface area contributed by atoms with Crippen molar-refractivity contribution in [1.82, 2.24) is 0 Å². The molecule has 0 fully saturated rings. The van der Waals surface area contributed by atoms with E-state index in [1.165, 1.54) is 18.2 Å². The number of carbonyl (C=O) groups is 1. The summed E-state index contributed by atoms with van der Waals surface area (Å²) in [5.74, 6) is -0.574. The van der Waals surface area contributed by atoms with Crippen LogP contribution in [0.3, 0.4) is 0 Å². The molecule has 6 nitrogen and oxygen atoms in total. The Morgan fingerprint density at radius 1 is 1.17 bits per heavy atom. The van der Waals surface area contributed by atoms with Crippen LogP contribution < -0.4 is 0 Å². The van der Waals surface area contributed by atoms with Gasteiger partial charge in [-0.25, -0.2) is 9.79 Å². The molecule has 0 bridgehead atoms. The lowest BCUT2D eigenvalue weighted by Gasteiger charge is -2.02. The van der Waals surface area contributed by atoms with Gasteiger partial charge in [0.1, 0.15) is 0 Å². The maximum Gasteiger partial charge on any atom is 0.363 e. The number of nitrogens with zero attached hydrogens (tertiary/aromatic N) is 2. The molecule has 1 heterocycles. The molecule has 0 saturated carbocycles. The zero-order valence-corrected chi connectivity index (χ0v) is 12.4. The highest BCUT2D eigenvalue weighted by molar-refractivity contribution is 6.34. The summed E-state index contributed by atoms with van der Waals surface area (Å²) in [6, 6.07) is 13.1. The van der Waals surface area contributed by atoms with Crippen molar-refractivity contribution in [2.45, 2.75) is 0 Å². The summed E-state index contributed by atoms with van der Waals surface area (Å²) in [6.45, 7) is 0. The van der Waals surface area contributed by atoms with E-state index in [1.807, 2.05) is 30.3 Å². The van der Waals surface area contributed by atoms with Gasteiger partial charge in [-0.05, 0) is 17.7 Å². The highest BCUT2D eigenvalue weighted by Crippen LogP contribution is 2.27. The van der Waals surface area contributed by atoms with Crippen LogP contribution in [0.15, 0.2) is 59.2 Å². The Balaban J connectivity index is 1.96. The summed E-state index contributed by atoms with van der Waals surface area (Å²) in [6.07, 6.45) is 1.59. The Morgan fingerprint density at radius 2 is 1.91 bits per heavy atom. The van der Waals surface area contributed by atoms with E-state index in [9.17, 15) is 14.9 Å². The number of hydrogen-bond donors (Lipinski definition) is 0. The first-order valence-electron chi connectivity index (χ1n) is 6.56. The van der Waals surface area contributed by atoms with Crippen molar-refractivity contribution >= 4 is 35.2 Å². The van der Waals surface area contributed by atoms with E-state index in [4.69, 9.17) is 16.3 Å². The summed E-state index contributed by atoms with van der Waals surface area (Å²) in [4.78, 5) is 26.2. The zero-order valence-electron chi connectivity index (χ0n) is 11.6. The molecule has 0 aliphatic carbocycles. The van der Waals surface area contributed by atoms with Crippen molar-refractivity contribution in [3.8, 4) is 0 Å². The van der Waals surface area contributed by atoms with Gasteiger partial charge >= 0.3 is 5.97 Å². The second kappa shape index (κ2) is 6.02. The summed E-state index contributed by atoms with van der Waals surface area (Å²) in [7, 11) is 0. The number of cyclic esters (lactones) is 1. The Kier molecular flexibility index (Phi) is 3.91. The molecule has 0 saturated heterocycles. The van der Waals surface area contributed by atoms with Crippen molar-refractivity contribution in [3.05, 3.63) is 80.5 Å². The van der Waals surface area contributed by atoms with Gasteiger partial charge in [0.25, 0.3) is 5.69 Å². The topological polar surface area (TPSA) is 81.8 Å². The van der Waals surface area contributed by atoms with E-state index in [0.29, 0.717) is 5.56 Å². The van der Waals surface area contributed by atoms with Gasteiger partial charge in [-0.1, -0.05) is 41.9 Å². The molecule has 0 amide bonds. The van der Waals surface area contributed by atoms with Crippen LogP contribution in [0.25, 0.3) is 6.08 Å². The van der Waals surface area contributed by atoms with Crippen LogP contribution in [0.4, 0.5) is 5.69 Å². The zero-order chi connectivity index (χ0) is 16.4. The average Bonchev–Trinajstić information content (AvgIpc) is 2.89. The van der Waals surface area contributed by atoms with E-state index >= 15 is 0 Å². The number of non-ortho nitro benzene ring substituents is 1. The fourth-order valence-electron chi connectivity index (χ4n) is 2.02. The van der Waals surface area contributed by atoms with Crippen molar-refractivity contribution in [1.29, 1.82) is 0 Å². The van der Waals surface area contributed by atoms with E-state index in [-0.39, 0.29) is 22.3 Å². The lowest BCUT2D eigenvalue weighted by atomic mass is 10.2. The minimum absolute atomic E-state index is 0.0251. The quantitative estimate of drug-likeness (QED) is 0.373. The van der Waals surface area contributed by atoms with Crippen LogP contribution in [-0.2, 0) is 9.53 Å². The second-order valence-electron chi connectivity index (χ2n) is 4.67. The fraction of sp³-hybridized carbons (Fsp3) is 0. The molecule has 0 atom stereocenters. The first kappa shape index (κ1) is 14.9. The van der Waals surface area contributed by atoms with Crippen LogP contribution in [0.5, 0.6) is 0 Å². The Bertz CT molecular complexity index is 860. The Hall–Kier alpha value is -2.99. The predicted molar refractivity (Wildman–Crippen MR) is 85.2 cm³/mol. The molecule has 7 heteroatoms. The lowest BCUT2D eigenvalue weighted by Crippen LogP contribution is -2.06. The van der Waals surface area contributed by atoms with Gasteiger partial charge in [0.2, 0.25) is 5.90 Å². The maximum atomic E-state index is 11.9. The van der Waals surface area contributed by atoms with Crippen molar-refractivity contribution in [2.24, 2.45) is 4.99 Å². The van der Waals surface area contributed by atoms with Crippen molar-refractivity contribution < 1.29 is 14.5 Å². The largest absolute Gasteiger partial charge is 0.402 e. The van der Waals surface area contributed by atoms with Gasteiger partial charge in [-0.15, -0.1) is 0 Å². The first-order valence-corrected chi connectivity index (χ1v) is 6.94. The first-order chi connectivity index (χ1) is 11.0. The number of rotatable bonds is 3.